The van der Waals surface area contributed by atoms with Gasteiger partial charge in [-0.05, 0) is 18.9 Å². The summed E-state index contributed by atoms with van der Waals surface area (Å²) in [5.74, 6) is 2.52. The lowest BCUT2D eigenvalue weighted by molar-refractivity contribution is 0.735. The Morgan fingerprint density at radius 3 is 3.09 bits per heavy atom. The smallest absolute Gasteiger partial charge is 0.111 e. The summed E-state index contributed by atoms with van der Waals surface area (Å²) in [5, 5.41) is 0. The first-order valence-electron chi connectivity index (χ1n) is 4.00. The van der Waals surface area contributed by atoms with Gasteiger partial charge >= 0.3 is 0 Å². The van der Waals surface area contributed by atoms with E-state index in [9.17, 15) is 0 Å². The summed E-state index contributed by atoms with van der Waals surface area (Å²) >= 11 is 0. The molecule has 2 atom stereocenters. The number of nitrogens with zero attached hydrogens (tertiary/aromatic N) is 2. The molecule has 0 radical (unpaired) electrons. The topological polar surface area (TPSA) is 43.8 Å². The van der Waals surface area contributed by atoms with Crippen LogP contribution in [-0.4, -0.2) is 16.1 Å². The Morgan fingerprint density at radius 1 is 1.82 bits per heavy atom. The maximum atomic E-state index is 5.54. The molecule has 1 aromatic rings. The van der Waals surface area contributed by atoms with Crippen LogP contribution >= 0.6 is 0 Å². The van der Waals surface area contributed by atoms with Gasteiger partial charge in [0.05, 0.1) is 0 Å². The Balaban J connectivity index is 2.14. The zero-order valence-corrected chi connectivity index (χ0v) is 6.70. The third-order valence-electron chi connectivity index (χ3n) is 2.42. The molecule has 3 nitrogen and oxygen atoms in total. The van der Waals surface area contributed by atoms with Gasteiger partial charge in [0.2, 0.25) is 0 Å². The van der Waals surface area contributed by atoms with Crippen molar-refractivity contribution in [3.8, 4) is 0 Å². The predicted octanol–water partition coefficient (Wildman–Crippen LogP) is 0.482. The van der Waals surface area contributed by atoms with Crippen molar-refractivity contribution in [2.24, 2.45) is 18.7 Å². The second-order valence-electron chi connectivity index (χ2n) is 3.23. The highest BCUT2D eigenvalue weighted by molar-refractivity contribution is 5.11. The fourth-order valence-corrected chi connectivity index (χ4v) is 1.56. The van der Waals surface area contributed by atoms with E-state index in [4.69, 9.17) is 5.73 Å². The van der Waals surface area contributed by atoms with E-state index in [0.717, 1.165) is 6.54 Å². The molecule has 2 rings (SSSR count). The standard InChI is InChI=1S/C8H13N3/c1-11-3-2-10-8(11)7-4-6(7)5-9/h2-3,6-7H,4-5,9H2,1H3/t6-,7+/m0/s1. The SMILES string of the molecule is Cn1ccnc1[C@@H]1C[C@H]1CN. The van der Waals surface area contributed by atoms with Gasteiger partial charge < -0.3 is 10.3 Å². The van der Waals surface area contributed by atoms with E-state index in [0.29, 0.717) is 11.8 Å². The molecule has 0 aromatic carbocycles. The molecular formula is C8H13N3. The van der Waals surface area contributed by atoms with E-state index in [2.05, 4.69) is 9.55 Å². The van der Waals surface area contributed by atoms with Crippen LogP contribution in [0, 0.1) is 5.92 Å². The Labute approximate surface area is 66.2 Å². The second kappa shape index (κ2) is 2.34. The number of imidazole rings is 1. The van der Waals surface area contributed by atoms with E-state index >= 15 is 0 Å². The molecule has 1 aliphatic rings. The molecule has 1 saturated carbocycles. The van der Waals surface area contributed by atoms with Gasteiger partial charge in [-0.3, -0.25) is 0 Å². The molecule has 1 fully saturated rings. The van der Waals surface area contributed by atoms with E-state index in [-0.39, 0.29) is 0 Å². The summed E-state index contributed by atoms with van der Waals surface area (Å²) < 4.78 is 2.08. The molecule has 0 aliphatic heterocycles. The van der Waals surface area contributed by atoms with Gasteiger partial charge in [0.15, 0.2) is 0 Å². The van der Waals surface area contributed by atoms with E-state index in [1.807, 2.05) is 19.4 Å². The lowest BCUT2D eigenvalue weighted by Gasteiger charge is -1.97. The molecule has 0 spiro atoms. The van der Waals surface area contributed by atoms with Crippen LogP contribution in [0.3, 0.4) is 0 Å². The maximum Gasteiger partial charge on any atom is 0.111 e. The maximum absolute atomic E-state index is 5.54. The van der Waals surface area contributed by atoms with E-state index in [1.165, 1.54) is 12.2 Å². The minimum Gasteiger partial charge on any atom is -0.338 e. The molecule has 60 valence electrons. The van der Waals surface area contributed by atoms with Crippen molar-refractivity contribution in [3.63, 3.8) is 0 Å². The van der Waals surface area contributed by atoms with Gasteiger partial charge in [0.25, 0.3) is 0 Å². The first kappa shape index (κ1) is 6.85. The lowest BCUT2D eigenvalue weighted by atomic mass is 10.3. The van der Waals surface area contributed by atoms with Crippen LogP contribution in [0.4, 0.5) is 0 Å². The number of aromatic nitrogens is 2. The number of hydrogen-bond acceptors (Lipinski definition) is 2. The molecule has 0 bridgehead atoms. The van der Waals surface area contributed by atoms with Gasteiger partial charge in [-0.2, -0.15) is 0 Å². The van der Waals surface area contributed by atoms with Crippen molar-refractivity contribution in [1.29, 1.82) is 0 Å². The van der Waals surface area contributed by atoms with Crippen molar-refractivity contribution >= 4 is 0 Å². The second-order valence-corrected chi connectivity index (χ2v) is 3.23. The summed E-state index contributed by atoms with van der Waals surface area (Å²) in [6.45, 7) is 0.803. The van der Waals surface area contributed by atoms with Crippen LogP contribution < -0.4 is 5.73 Å². The van der Waals surface area contributed by atoms with Gasteiger partial charge in [-0.1, -0.05) is 0 Å². The van der Waals surface area contributed by atoms with Gasteiger partial charge in [0.1, 0.15) is 5.82 Å². The minimum atomic E-state index is 0.639. The number of rotatable bonds is 2. The van der Waals surface area contributed by atoms with Gasteiger partial charge in [-0.25, -0.2) is 4.98 Å². The monoisotopic (exact) mass is 151 g/mol. The average Bonchev–Trinajstić information content (AvgIpc) is 2.68. The summed E-state index contributed by atoms with van der Waals surface area (Å²) in [7, 11) is 2.04. The largest absolute Gasteiger partial charge is 0.338 e. The Hall–Kier alpha value is -0.830. The predicted molar refractivity (Wildman–Crippen MR) is 43.1 cm³/mol. The van der Waals surface area contributed by atoms with Gasteiger partial charge in [-0.15, -0.1) is 0 Å². The summed E-state index contributed by atoms with van der Waals surface area (Å²) in [5.41, 5.74) is 5.54. The number of hydrogen-bond donors (Lipinski definition) is 1. The highest BCUT2D eigenvalue weighted by Crippen LogP contribution is 2.45. The number of nitrogens with two attached hydrogens (primary N) is 1. The highest BCUT2D eigenvalue weighted by Gasteiger charge is 2.39. The molecule has 2 N–H and O–H groups in total. The van der Waals surface area contributed by atoms with Crippen molar-refractivity contribution in [3.05, 3.63) is 18.2 Å². The fraction of sp³-hybridized carbons (Fsp3) is 0.625. The molecule has 0 saturated heterocycles. The highest BCUT2D eigenvalue weighted by atomic mass is 15.0. The van der Waals surface area contributed by atoms with Crippen LogP contribution in [0.2, 0.25) is 0 Å². The third-order valence-corrected chi connectivity index (χ3v) is 2.42. The molecule has 1 aliphatic carbocycles. The Kier molecular flexibility index (Phi) is 1.46. The van der Waals surface area contributed by atoms with Gasteiger partial charge in [0, 0.05) is 25.4 Å². The quantitative estimate of drug-likeness (QED) is 0.668. The molecule has 3 heteroatoms. The van der Waals surface area contributed by atoms with Crippen molar-refractivity contribution in [2.75, 3.05) is 6.54 Å². The van der Waals surface area contributed by atoms with Crippen LogP contribution in [0.15, 0.2) is 12.4 Å². The molecule has 0 unspecified atom stereocenters. The molecule has 11 heavy (non-hydrogen) atoms. The zero-order chi connectivity index (χ0) is 7.84. The van der Waals surface area contributed by atoms with Crippen LogP contribution in [0.25, 0.3) is 0 Å². The fourth-order valence-electron chi connectivity index (χ4n) is 1.56. The third kappa shape index (κ3) is 1.05. The summed E-state index contributed by atoms with van der Waals surface area (Å²) in [4.78, 5) is 4.28. The summed E-state index contributed by atoms with van der Waals surface area (Å²) in [6.07, 6.45) is 5.06. The first-order valence-corrected chi connectivity index (χ1v) is 4.00. The summed E-state index contributed by atoms with van der Waals surface area (Å²) in [6, 6.07) is 0. The van der Waals surface area contributed by atoms with E-state index < -0.39 is 0 Å². The Morgan fingerprint density at radius 2 is 2.64 bits per heavy atom. The number of aryl methyl sites for hydroxylation is 1. The van der Waals surface area contributed by atoms with Crippen molar-refractivity contribution in [2.45, 2.75) is 12.3 Å². The molecule has 1 aromatic heterocycles. The van der Waals surface area contributed by atoms with Crippen LogP contribution in [-0.2, 0) is 7.05 Å². The van der Waals surface area contributed by atoms with E-state index in [1.54, 1.807) is 0 Å². The molecular weight excluding hydrogens is 138 g/mol. The Bertz CT molecular complexity index is 254. The lowest BCUT2D eigenvalue weighted by Crippen LogP contribution is -2.04. The zero-order valence-electron chi connectivity index (χ0n) is 6.70. The average molecular weight is 151 g/mol. The van der Waals surface area contributed by atoms with Crippen LogP contribution in [0.1, 0.15) is 18.2 Å². The minimum absolute atomic E-state index is 0.639. The van der Waals surface area contributed by atoms with Crippen molar-refractivity contribution in [1.82, 2.24) is 9.55 Å². The first-order chi connectivity index (χ1) is 5.33. The van der Waals surface area contributed by atoms with Crippen LogP contribution in [0.5, 0.6) is 0 Å². The van der Waals surface area contributed by atoms with Crippen molar-refractivity contribution < 1.29 is 0 Å². The normalized spacial score (nSPS) is 28.9. The molecule has 1 heterocycles. The molecule has 0 amide bonds.